The Morgan fingerprint density at radius 2 is 1.81 bits per heavy atom. The maximum atomic E-state index is 12.9. The number of hydrogen-bond donors (Lipinski definition) is 1. The first kappa shape index (κ1) is 23.7. The SMILES string of the molecule is CCc1c(C(=O)/C=C/c2cc(C)c(OC(C)(C)C(=O)O)c(C)c2)oc2cc(SC)ccc12. The van der Waals surface area contributed by atoms with Gasteiger partial charge in [-0.1, -0.05) is 13.0 Å². The van der Waals surface area contributed by atoms with Gasteiger partial charge in [-0.2, -0.15) is 0 Å². The highest BCUT2D eigenvalue weighted by Gasteiger charge is 2.30. The average Bonchev–Trinajstić information content (AvgIpc) is 3.12. The second kappa shape index (κ2) is 9.25. The first-order chi connectivity index (χ1) is 15.1. The minimum atomic E-state index is -1.34. The van der Waals surface area contributed by atoms with E-state index < -0.39 is 11.6 Å². The van der Waals surface area contributed by atoms with Gasteiger partial charge >= 0.3 is 5.97 Å². The topological polar surface area (TPSA) is 76.7 Å². The molecule has 1 aromatic heterocycles. The molecule has 0 unspecified atom stereocenters. The fraction of sp³-hybridized carbons (Fsp3) is 0.308. The molecule has 3 rings (SSSR count). The maximum Gasteiger partial charge on any atom is 0.347 e. The fourth-order valence-electron chi connectivity index (χ4n) is 3.59. The van der Waals surface area contributed by atoms with E-state index in [4.69, 9.17) is 9.15 Å². The molecule has 5 nitrogen and oxygen atoms in total. The summed E-state index contributed by atoms with van der Waals surface area (Å²) < 4.78 is 11.7. The van der Waals surface area contributed by atoms with Crippen LogP contribution >= 0.6 is 11.8 Å². The molecule has 168 valence electrons. The van der Waals surface area contributed by atoms with Crippen molar-refractivity contribution in [2.45, 2.75) is 51.5 Å². The predicted octanol–water partition coefficient (Wildman–Crippen LogP) is 6.47. The molecule has 0 aliphatic carbocycles. The lowest BCUT2D eigenvalue weighted by atomic mass is 10.0. The standard InChI is InChI=1S/C26H28O5S/c1-7-19-20-10-9-18(32-6)14-22(20)30-24(19)21(27)11-8-17-12-15(2)23(16(3)13-17)31-26(4,5)25(28)29/h8-14H,7H2,1-6H3,(H,28,29)/b11-8+. The number of carbonyl (C=O) groups is 2. The van der Waals surface area contributed by atoms with Gasteiger partial charge in [-0.15, -0.1) is 11.8 Å². The van der Waals surface area contributed by atoms with Gasteiger partial charge in [0, 0.05) is 15.8 Å². The smallest absolute Gasteiger partial charge is 0.347 e. The molecule has 0 saturated carbocycles. The third-order valence-corrected chi connectivity index (χ3v) is 6.08. The third-order valence-electron chi connectivity index (χ3n) is 5.36. The number of thioether (sulfide) groups is 1. The Hall–Kier alpha value is -2.99. The lowest BCUT2D eigenvalue weighted by molar-refractivity contribution is -0.152. The molecule has 0 amide bonds. The summed E-state index contributed by atoms with van der Waals surface area (Å²) in [5, 5.41) is 10.3. The molecule has 32 heavy (non-hydrogen) atoms. The zero-order valence-corrected chi connectivity index (χ0v) is 20.1. The second-order valence-electron chi connectivity index (χ2n) is 8.22. The number of ether oxygens (including phenoxy) is 1. The van der Waals surface area contributed by atoms with Gasteiger partial charge in [0.15, 0.2) is 11.4 Å². The molecule has 3 aromatic rings. The van der Waals surface area contributed by atoms with Gasteiger partial charge in [0.05, 0.1) is 0 Å². The molecule has 0 spiro atoms. The summed E-state index contributed by atoms with van der Waals surface area (Å²) in [5.41, 5.74) is 2.72. The van der Waals surface area contributed by atoms with Crippen molar-refractivity contribution in [3.8, 4) is 5.75 Å². The van der Waals surface area contributed by atoms with Crippen molar-refractivity contribution in [3.05, 3.63) is 64.4 Å². The molecular formula is C26H28O5S. The van der Waals surface area contributed by atoms with Crippen molar-refractivity contribution in [1.29, 1.82) is 0 Å². The van der Waals surface area contributed by atoms with Gasteiger partial charge in [0.2, 0.25) is 5.78 Å². The van der Waals surface area contributed by atoms with Gasteiger partial charge in [-0.25, -0.2) is 4.79 Å². The number of hydrogen-bond acceptors (Lipinski definition) is 5. The van der Waals surface area contributed by atoms with Crippen LogP contribution in [0, 0.1) is 13.8 Å². The van der Waals surface area contributed by atoms with Crippen LogP contribution in [0.3, 0.4) is 0 Å². The average molecular weight is 453 g/mol. The first-order valence-corrected chi connectivity index (χ1v) is 11.6. The lowest BCUT2D eigenvalue weighted by Gasteiger charge is -2.24. The minimum Gasteiger partial charge on any atom is -0.478 e. The van der Waals surface area contributed by atoms with Crippen molar-refractivity contribution >= 4 is 40.6 Å². The number of benzene rings is 2. The van der Waals surface area contributed by atoms with Gasteiger partial charge < -0.3 is 14.3 Å². The van der Waals surface area contributed by atoms with E-state index in [2.05, 4.69) is 0 Å². The number of furan rings is 1. The van der Waals surface area contributed by atoms with Crippen LogP contribution in [0.2, 0.25) is 0 Å². The van der Waals surface area contributed by atoms with Crippen molar-refractivity contribution in [2.24, 2.45) is 0 Å². The highest BCUT2D eigenvalue weighted by Crippen LogP contribution is 2.31. The molecule has 0 saturated heterocycles. The highest BCUT2D eigenvalue weighted by atomic mass is 32.2. The van der Waals surface area contributed by atoms with E-state index in [1.807, 2.05) is 57.4 Å². The quantitative estimate of drug-likeness (QED) is 0.240. The van der Waals surface area contributed by atoms with Crippen LogP contribution in [0.25, 0.3) is 17.0 Å². The molecule has 6 heteroatoms. The molecule has 2 aromatic carbocycles. The molecule has 0 atom stereocenters. The zero-order valence-electron chi connectivity index (χ0n) is 19.2. The second-order valence-corrected chi connectivity index (χ2v) is 9.10. The molecule has 1 heterocycles. The first-order valence-electron chi connectivity index (χ1n) is 10.4. The Balaban J connectivity index is 1.89. The predicted molar refractivity (Wildman–Crippen MR) is 129 cm³/mol. The van der Waals surface area contributed by atoms with E-state index in [0.717, 1.165) is 38.1 Å². The monoisotopic (exact) mass is 452 g/mol. The Morgan fingerprint density at radius 3 is 2.38 bits per heavy atom. The van der Waals surface area contributed by atoms with Gasteiger partial charge in [0.1, 0.15) is 11.3 Å². The third kappa shape index (κ3) is 4.75. The fourth-order valence-corrected chi connectivity index (χ4v) is 4.02. The van der Waals surface area contributed by atoms with E-state index in [1.54, 1.807) is 17.8 Å². The number of carboxylic acid groups (broad SMARTS) is 1. The summed E-state index contributed by atoms with van der Waals surface area (Å²) >= 11 is 1.63. The summed E-state index contributed by atoms with van der Waals surface area (Å²) in [6.45, 7) is 8.76. The molecule has 0 bridgehead atoms. The maximum absolute atomic E-state index is 12.9. The van der Waals surface area contributed by atoms with Crippen LogP contribution in [0.15, 0.2) is 45.7 Å². The van der Waals surface area contributed by atoms with Crippen molar-refractivity contribution in [3.63, 3.8) is 0 Å². The van der Waals surface area contributed by atoms with Crippen LogP contribution in [-0.4, -0.2) is 28.7 Å². The number of carbonyl (C=O) groups excluding carboxylic acids is 1. The van der Waals surface area contributed by atoms with Crippen molar-refractivity contribution < 1.29 is 23.8 Å². The number of aryl methyl sites for hydroxylation is 3. The van der Waals surface area contributed by atoms with E-state index in [1.165, 1.54) is 19.9 Å². The molecule has 0 fully saturated rings. The number of aliphatic carboxylic acids is 1. The van der Waals surface area contributed by atoms with Crippen LogP contribution in [-0.2, 0) is 11.2 Å². The van der Waals surface area contributed by atoms with Crippen molar-refractivity contribution in [2.75, 3.05) is 6.26 Å². The minimum absolute atomic E-state index is 0.189. The van der Waals surface area contributed by atoms with Crippen LogP contribution in [0.1, 0.15) is 53.6 Å². The number of ketones is 1. The van der Waals surface area contributed by atoms with E-state index in [0.29, 0.717) is 17.9 Å². The lowest BCUT2D eigenvalue weighted by Crippen LogP contribution is -2.38. The Labute approximate surface area is 192 Å². The van der Waals surface area contributed by atoms with Gasteiger partial charge in [-0.05, 0) is 93.5 Å². The zero-order chi connectivity index (χ0) is 23.6. The van der Waals surface area contributed by atoms with Gasteiger partial charge in [-0.3, -0.25) is 4.79 Å². The summed E-state index contributed by atoms with van der Waals surface area (Å²) in [6.07, 6.45) is 5.96. The number of rotatable bonds is 8. The van der Waals surface area contributed by atoms with Crippen molar-refractivity contribution in [1.82, 2.24) is 0 Å². The summed E-state index contributed by atoms with van der Waals surface area (Å²) in [6, 6.07) is 9.74. The Morgan fingerprint density at radius 1 is 1.16 bits per heavy atom. The molecule has 0 aliphatic rings. The van der Waals surface area contributed by atoms with Crippen LogP contribution in [0.4, 0.5) is 0 Å². The number of fused-ring (bicyclic) bond motifs is 1. The van der Waals surface area contributed by atoms with Gasteiger partial charge in [0.25, 0.3) is 0 Å². The summed E-state index contributed by atoms with van der Waals surface area (Å²) in [5.74, 6) is -0.316. The Bertz CT molecular complexity index is 1190. The number of allylic oxidation sites excluding steroid dienone is 1. The Kier molecular flexibility index (Phi) is 6.84. The van der Waals surface area contributed by atoms with E-state index >= 15 is 0 Å². The summed E-state index contributed by atoms with van der Waals surface area (Å²) in [4.78, 5) is 25.4. The van der Waals surface area contributed by atoms with E-state index in [-0.39, 0.29) is 5.78 Å². The molecule has 0 aliphatic heterocycles. The normalized spacial score (nSPS) is 11.9. The van der Waals surface area contributed by atoms with Crippen LogP contribution in [0.5, 0.6) is 5.75 Å². The van der Waals surface area contributed by atoms with E-state index in [9.17, 15) is 14.7 Å². The molecule has 0 radical (unpaired) electrons. The number of carboxylic acids is 1. The molecule has 1 N–H and O–H groups in total. The highest BCUT2D eigenvalue weighted by molar-refractivity contribution is 7.98. The molecular weight excluding hydrogens is 424 g/mol. The largest absolute Gasteiger partial charge is 0.478 e. The van der Waals surface area contributed by atoms with Crippen LogP contribution < -0.4 is 4.74 Å². The summed E-state index contributed by atoms with van der Waals surface area (Å²) in [7, 11) is 0.